The van der Waals surface area contributed by atoms with E-state index in [0.717, 1.165) is 19.3 Å². The summed E-state index contributed by atoms with van der Waals surface area (Å²) >= 11 is 0. The molecule has 1 aromatic carbocycles. The molecule has 0 atom stereocenters. The molecule has 1 aromatic rings. The number of amides is 1. The van der Waals surface area contributed by atoms with Gasteiger partial charge in [0.05, 0.1) is 25.9 Å². The molecule has 1 N–H and O–H groups in total. The zero-order valence-corrected chi connectivity index (χ0v) is 12.4. The van der Waals surface area contributed by atoms with Gasteiger partial charge < -0.3 is 14.8 Å². The number of methoxy groups -OCH3 is 2. The van der Waals surface area contributed by atoms with Gasteiger partial charge in [-0.25, -0.2) is 0 Å². The summed E-state index contributed by atoms with van der Waals surface area (Å²) in [5.74, 6) is 0.593. The highest BCUT2D eigenvalue weighted by Crippen LogP contribution is 2.32. The van der Waals surface area contributed by atoms with Crippen LogP contribution >= 0.6 is 0 Å². The molecule has 0 spiro atoms. The second kappa shape index (κ2) is 6.49. The largest absolute Gasteiger partial charge is 0.493 e. The van der Waals surface area contributed by atoms with E-state index in [4.69, 9.17) is 9.47 Å². The van der Waals surface area contributed by atoms with Gasteiger partial charge >= 0.3 is 0 Å². The Morgan fingerprint density at radius 2 is 1.95 bits per heavy atom. The maximum Gasteiger partial charge on any atom is 0.256 e. The average Bonchev–Trinajstić information content (AvgIpc) is 2.54. The van der Waals surface area contributed by atoms with Crippen LogP contribution in [0.3, 0.4) is 0 Å². The SMILES string of the molecule is COc1cccc(C(=O)NC2(C#N)CCCCC2)c1OC. The van der Waals surface area contributed by atoms with E-state index in [1.807, 2.05) is 0 Å². The number of nitriles is 1. The van der Waals surface area contributed by atoms with Gasteiger partial charge in [0, 0.05) is 0 Å². The van der Waals surface area contributed by atoms with Gasteiger partial charge in [-0.1, -0.05) is 25.3 Å². The van der Waals surface area contributed by atoms with E-state index in [2.05, 4.69) is 11.4 Å². The molecule has 1 aliphatic rings. The molecular weight excluding hydrogens is 268 g/mol. The third kappa shape index (κ3) is 3.10. The molecular formula is C16H20N2O3. The fourth-order valence-corrected chi connectivity index (χ4v) is 2.77. The Labute approximate surface area is 124 Å². The van der Waals surface area contributed by atoms with E-state index in [9.17, 15) is 10.1 Å². The molecule has 0 unspecified atom stereocenters. The van der Waals surface area contributed by atoms with Gasteiger partial charge in [0.15, 0.2) is 11.5 Å². The number of carbonyl (C=O) groups is 1. The maximum absolute atomic E-state index is 12.5. The van der Waals surface area contributed by atoms with Crippen molar-refractivity contribution in [3.05, 3.63) is 23.8 Å². The Kier molecular flexibility index (Phi) is 4.69. The van der Waals surface area contributed by atoms with E-state index in [0.29, 0.717) is 29.9 Å². The summed E-state index contributed by atoms with van der Waals surface area (Å²) in [6.07, 6.45) is 4.43. The molecule has 112 valence electrons. The monoisotopic (exact) mass is 288 g/mol. The summed E-state index contributed by atoms with van der Waals surface area (Å²) in [5.41, 5.74) is -0.374. The van der Waals surface area contributed by atoms with Crippen LogP contribution in [0.25, 0.3) is 0 Å². The van der Waals surface area contributed by atoms with Crippen LogP contribution in [0, 0.1) is 11.3 Å². The number of hydrogen-bond acceptors (Lipinski definition) is 4. The summed E-state index contributed by atoms with van der Waals surface area (Å²) in [7, 11) is 3.02. The molecule has 0 heterocycles. The topological polar surface area (TPSA) is 71.3 Å². The first-order valence-corrected chi connectivity index (χ1v) is 7.10. The van der Waals surface area contributed by atoms with Gasteiger partial charge in [-0.2, -0.15) is 5.26 Å². The van der Waals surface area contributed by atoms with E-state index in [1.54, 1.807) is 18.2 Å². The van der Waals surface area contributed by atoms with E-state index in [1.165, 1.54) is 14.2 Å². The molecule has 1 aliphatic carbocycles. The van der Waals surface area contributed by atoms with Gasteiger partial charge in [-0.3, -0.25) is 4.79 Å². The van der Waals surface area contributed by atoms with Gasteiger partial charge in [0.25, 0.3) is 5.91 Å². The molecule has 5 nitrogen and oxygen atoms in total. The van der Waals surface area contributed by atoms with E-state index >= 15 is 0 Å². The van der Waals surface area contributed by atoms with Gasteiger partial charge in [-0.05, 0) is 25.0 Å². The lowest BCUT2D eigenvalue weighted by Gasteiger charge is -2.31. The number of rotatable bonds is 4. The molecule has 21 heavy (non-hydrogen) atoms. The Morgan fingerprint density at radius 1 is 1.24 bits per heavy atom. The van der Waals surface area contributed by atoms with Crippen LogP contribution in [0.1, 0.15) is 42.5 Å². The lowest BCUT2D eigenvalue weighted by Crippen LogP contribution is -2.48. The highest BCUT2D eigenvalue weighted by atomic mass is 16.5. The van der Waals surface area contributed by atoms with Gasteiger partial charge in [0.1, 0.15) is 5.54 Å². The number of hydrogen-bond donors (Lipinski definition) is 1. The molecule has 1 fully saturated rings. The van der Waals surface area contributed by atoms with Crippen LogP contribution in [0.5, 0.6) is 11.5 Å². The van der Waals surface area contributed by atoms with Crippen molar-refractivity contribution in [2.24, 2.45) is 0 Å². The smallest absolute Gasteiger partial charge is 0.256 e. The van der Waals surface area contributed by atoms with Crippen molar-refractivity contribution in [3.63, 3.8) is 0 Å². The molecule has 0 aliphatic heterocycles. The van der Waals surface area contributed by atoms with Crippen LogP contribution in [0.4, 0.5) is 0 Å². The van der Waals surface area contributed by atoms with Crippen molar-refractivity contribution in [2.75, 3.05) is 14.2 Å². The normalized spacial score (nSPS) is 16.6. The highest BCUT2D eigenvalue weighted by Gasteiger charge is 2.34. The van der Waals surface area contributed by atoms with Gasteiger partial charge in [-0.15, -0.1) is 0 Å². The van der Waals surface area contributed by atoms with Crippen LogP contribution in [0.15, 0.2) is 18.2 Å². The first-order chi connectivity index (χ1) is 10.2. The van der Waals surface area contributed by atoms with Crippen molar-refractivity contribution in [2.45, 2.75) is 37.6 Å². The number of carbonyl (C=O) groups excluding carboxylic acids is 1. The fourth-order valence-electron chi connectivity index (χ4n) is 2.77. The molecule has 5 heteroatoms. The zero-order chi connectivity index (χ0) is 15.3. The second-order valence-electron chi connectivity index (χ2n) is 5.25. The minimum atomic E-state index is -0.760. The lowest BCUT2D eigenvalue weighted by atomic mass is 9.82. The van der Waals surface area contributed by atoms with Crippen molar-refractivity contribution in [3.8, 4) is 17.6 Å². The summed E-state index contributed by atoms with van der Waals surface area (Å²) in [6.45, 7) is 0. The molecule has 0 radical (unpaired) electrons. The quantitative estimate of drug-likeness (QED) is 0.924. The third-order valence-corrected chi connectivity index (χ3v) is 3.92. The zero-order valence-electron chi connectivity index (χ0n) is 12.4. The highest BCUT2D eigenvalue weighted by molar-refractivity contribution is 5.98. The Morgan fingerprint density at radius 3 is 2.52 bits per heavy atom. The third-order valence-electron chi connectivity index (χ3n) is 3.92. The number of nitrogens with zero attached hydrogens (tertiary/aromatic N) is 1. The van der Waals surface area contributed by atoms with Crippen molar-refractivity contribution in [1.29, 1.82) is 5.26 Å². The van der Waals surface area contributed by atoms with Crippen LogP contribution in [-0.2, 0) is 0 Å². The number of nitrogens with one attached hydrogen (secondary N) is 1. The summed E-state index contributed by atoms with van der Waals surface area (Å²) in [5, 5.41) is 12.3. The average molecular weight is 288 g/mol. The van der Waals surface area contributed by atoms with Crippen LogP contribution in [0.2, 0.25) is 0 Å². The van der Waals surface area contributed by atoms with Crippen molar-refractivity contribution in [1.82, 2.24) is 5.32 Å². The molecule has 1 amide bonds. The second-order valence-corrected chi connectivity index (χ2v) is 5.25. The van der Waals surface area contributed by atoms with E-state index < -0.39 is 5.54 Å². The Hall–Kier alpha value is -2.22. The van der Waals surface area contributed by atoms with Crippen LogP contribution < -0.4 is 14.8 Å². The summed E-state index contributed by atoms with van der Waals surface area (Å²) in [6, 6.07) is 7.42. The number of benzene rings is 1. The first-order valence-electron chi connectivity index (χ1n) is 7.10. The molecule has 0 aromatic heterocycles. The Balaban J connectivity index is 2.26. The lowest BCUT2D eigenvalue weighted by molar-refractivity contribution is 0.0899. The minimum Gasteiger partial charge on any atom is -0.493 e. The molecule has 2 rings (SSSR count). The standard InChI is InChI=1S/C16H20N2O3/c1-20-13-8-6-7-12(14(13)21-2)15(19)18-16(11-17)9-4-3-5-10-16/h6-8H,3-5,9-10H2,1-2H3,(H,18,19). The number of ether oxygens (including phenoxy) is 2. The fraction of sp³-hybridized carbons (Fsp3) is 0.500. The molecule has 0 bridgehead atoms. The van der Waals surface area contributed by atoms with Gasteiger partial charge in [0.2, 0.25) is 0 Å². The number of para-hydroxylation sites is 1. The molecule has 0 saturated heterocycles. The summed E-state index contributed by atoms with van der Waals surface area (Å²) < 4.78 is 10.5. The predicted molar refractivity (Wildman–Crippen MR) is 78.4 cm³/mol. The molecule has 1 saturated carbocycles. The minimum absolute atomic E-state index is 0.297. The summed E-state index contributed by atoms with van der Waals surface area (Å²) in [4.78, 5) is 12.5. The maximum atomic E-state index is 12.5. The van der Waals surface area contributed by atoms with E-state index in [-0.39, 0.29) is 5.91 Å². The van der Waals surface area contributed by atoms with Crippen LogP contribution in [-0.4, -0.2) is 25.7 Å². The Bertz CT molecular complexity index is 557. The first kappa shape index (κ1) is 15.2. The van der Waals surface area contributed by atoms with Crippen molar-refractivity contribution < 1.29 is 14.3 Å². The predicted octanol–water partition coefficient (Wildman–Crippen LogP) is 2.66. The van der Waals surface area contributed by atoms with Crippen molar-refractivity contribution >= 4 is 5.91 Å².